The fraction of sp³-hybridized carbons (Fsp3) is 0.818. The lowest BCUT2D eigenvalue weighted by Gasteiger charge is -2.26. The van der Waals surface area contributed by atoms with Crippen molar-refractivity contribution in [3.63, 3.8) is 0 Å². The van der Waals surface area contributed by atoms with Crippen molar-refractivity contribution in [3.05, 3.63) is 0 Å². The van der Waals surface area contributed by atoms with E-state index >= 15 is 0 Å². The molecule has 0 radical (unpaired) electrons. The van der Waals surface area contributed by atoms with Crippen molar-refractivity contribution >= 4 is 8.80 Å². The van der Waals surface area contributed by atoms with Gasteiger partial charge in [0.2, 0.25) is 0 Å². The first-order chi connectivity index (χ1) is 7.24. The smallest absolute Gasteiger partial charge is 0.373 e. The average molecular weight is 230 g/mol. The van der Waals surface area contributed by atoms with Crippen LogP contribution in [0.4, 0.5) is 0 Å². The summed E-state index contributed by atoms with van der Waals surface area (Å²) in [5.74, 6) is 6.09. The molecule has 15 heavy (non-hydrogen) atoms. The van der Waals surface area contributed by atoms with E-state index in [1.54, 1.807) is 0 Å². The third-order valence-corrected chi connectivity index (χ3v) is 4.49. The van der Waals surface area contributed by atoms with Crippen LogP contribution in [0, 0.1) is 11.8 Å². The van der Waals surface area contributed by atoms with Crippen molar-refractivity contribution in [3.8, 4) is 11.8 Å². The zero-order chi connectivity index (χ0) is 11.6. The molecule has 0 aromatic rings. The molecule has 0 saturated heterocycles. The van der Waals surface area contributed by atoms with Gasteiger partial charge in [-0.1, -0.05) is 12.8 Å². The van der Waals surface area contributed by atoms with Gasteiger partial charge in [-0.3, -0.25) is 0 Å². The van der Waals surface area contributed by atoms with E-state index in [-0.39, 0.29) is 0 Å². The highest BCUT2D eigenvalue weighted by Crippen LogP contribution is 2.14. The normalized spacial score (nSPS) is 10.9. The lowest BCUT2D eigenvalue weighted by Crippen LogP contribution is -2.45. The molecule has 4 heteroatoms. The summed E-state index contributed by atoms with van der Waals surface area (Å²) in [6.07, 6.45) is 0.856. The molecule has 0 spiro atoms. The first kappa shape index (κ1) is 14.7. The summed E-state index contributed by atoms with van der Waals surface area (Å²) in [5, 5.41) is 0. The van der Waals surface area contributed by atoms with Gasteiger partial charge in [-0.2, -0.15) is 0 Å². The molecule has 0 aromatic heterocycles. The standard InChI is InChI=1S/C11H22O3Si/c1-5-9-10-11-15(12-6-2,13-7-3)14-8-4/h5-8,11H2,1-4H3. The van der Waals surface area contributed by atoms with Crippen LogP contribution in [-0.2, 0) is 13.3 Å². The zero-order valence-corrected chi connectivity index (χ0v) is 11.3. The van der Waals surface area contributed by atoms with Gasteiger partial charge in [-0.05, 0) is 20.8 Å². The van der Waals surface area contributed by atoms with Crippen molar-refractivity contribution in [2.24, 2.45) is 0 Å². The molecular formula is C11H22O3Si. The predicted molar refractivity (Wildman–Crippen MR) is 63.5 cm³/mol. The van der Waals surface area contributed by atoms with E-state index in [4.69, 9.17) is 13.3 Å². The van der Waals surface area contributed by atoms with Crippen LogP contribution in [0.2, 0.25) is 6.04 Å². The van der Waals surface area contributed by atoms with Gasteiger partial charge in [0.05, 0.1) is 6.04 Å². The zero-order valence-electron chi connectivity index (χ0n) is 10.3. The van der Waals surface area contributed by atoms with Crippen LogP contribution in [0.1, 0.15) is 34.1 Å². The van der Waals surface area contributed by atoms with Crippen LogP contribution in [0.25, 0.3) is 0 Å². The molecule has 0 atom stereocenters. The van der Waals surface area contributed by atoms with Crippen molar-refractivity contribution in [2.45, 2.75) is 40.2 Å². The quantitative estimate of drug-likeness (QED) is 0.497. The summed E-state index contributed by atoms with van der Waals surface area (Å²) in [6.45, 7) is 9.71. The molecule has 0 bridgehead atoms. The third-order valence-electron chi connectivity index (χ3n) is 1.70. The van der Waals surface area contributed by atoms with Crippen LogP contribution < -0.4 is 0 Å². The minimum Gasteiger partial charge on any atom is -0.373 e. The minimum absolute atomic E-state index is 0.594. The number of hydrogen-bond acceptors (Lipinski definition) is 3. The molecule has 0 aliphatic carbocycles. The van der Waals surface area contributed by atoms with Gasteiger partial charge in [-0.25, -0.2) is 0 Å². The Kier molecular flexibility index (Phi) is 8.72. The second-order valence-electron chi connectivity index (χ2n) is 2.87. The second kappa shape index (κ2) is 8.92. The first-order valence-corrected chi connectivity index (χ1v) is 7.55. The van der Waals surface area contributed by atoms with E-state index in [2.05, 4.69) is 11.8 Å². The summed E-state index contributed by atoms with van der Waals surface area (Å²) in [6, 6.07) is 0.594. The molecule has 0 aromatic carbocycles. The van der Waals surface area contributed by atoms with Crippen LogP contribution in [0.3, 0.4) is 0 Å². The van der Waals surface area contributed by atoms with Crippen LogP contribution in [0.5, 0.6) is 0 Å². The average Bonchev–Trinajstić information content (AvgIpc) is 2.19. The summed E-state index contributed by atoms with van der Waals surface area (Å²) >= 11 is 0. The molecule has 0 rings (SSSR count). The molecule has 0 unspecified atom stereocenters. The fourth-order valence-electron chi connectivity index (χ4n) is 1.23. The Bertz CT molecular complexity index is 191. The number of hydrogen-bond donors (Lipinski definition) is 0. The highest BCUT2D eigenvalue weighted by Gasteiger charge is 2.39. The maximum atomic E-state index is 5.65. The molecule has 0 heterocycles. The van der Waals surface area contributed by atoms with Gasteiger partial charge >= 0.3 is 8.80 Å². The maximum Gasteiger partial charge on any atom is 0.513 e. The molecule has 0 N–H and O–H groups in total. The van der Waals surface area contributed by atoms with E-state index in [1.807, 2.05) is 27.7 Å². The Morgan fingerprint density at radius 1 is 0.800 bits per heavy atom. The monoisotopic (exact) mass is 230 g/mol. The molecule has 0 aliphatic heterocycles. The van der Waals surface area contributed by atoms with Gasteiger partial charge in [0.25, 0.3) is 0 Å². The third kappa shape index (κ3) is 5.95. The molecular weight excluding hydrogens is 208 g/mol. The summed E-state index contributed by atoms with van der Waals surface area (Å²) in [4.78, 5) is 0. The lowest BCUT2D eigenvalue weighted by atomic mass is 10.5. The Labute approximate surface area is 94.5 Å². The van der Waals surface area contributed by atoms with Gasteiger partial charge < -0.3 is 13.3 Å². The van der Waals surface area contributed by atoms with Crippen molar-refractivity contribution in [1.82, 2.24) is 0 Å². The van der Waals surface area contributed by atoms with E-state index in [0.29, 0.717) is 25.9 Å². The summed E-state index contributed by atoms with van der Waals surface area (Å²) < 4.78 is 16.9. The Morgan fingerprint density at radius 3 is 1.60 bits per heavy atom. The van der Waals surface area contributed by atoms with Crippen LogP contribution >= 0.6 is 0 Å². The second-order valence-corrected chi connectivity index (χ2v) is 5.45. The van der Waals surface area contributed by atoms with E-state index in [0.717, 1.165) is 6.42 Å². The fourth-order valence-corrected chi connectivity index (χ4v) is 3.45. The topological polar surface area (TPSA) is 27.7 Å². The maximum absolute atomic E-state index is 5.65. The molecule has 0 saturated carbocycles. The van der Waals surface area contributed by atoms with Crippen LogP contribution in [0.15, 0.2) is 0 Å². The Morgan fingerprint density at radius 2 is 1.27 bits per heavy atom. The SMILES string of the molecule is CCC#CC[Si](OCC)(OCC)OCC. The highest BCUT2D eigenvalue weighted by atomic mass is 28.4. The van der Waals surface area contributed by atoms with Crippen molar-refractivity contribution in [2.75, 3.05) is 19.8 Å². The Balaban J connectivity index is 4.44. The van der Waals surface area contributed by atoms with Gasteiger partial charge in [0, 0.05) is 26.2 Å². The van der Waals surface area contributed by atoms with Gasteiger partial charge in [0.1, 0.15) is 0 Å². The van der Waals surface area contributed by atoms with Crippen molar-refractivity contribution in [1.29, 1.82) is 0 Å². The molecule has 88 valence electrons. The van der Waals surface area contributed by atoms with Crippen LogP contribution in [-0.4, -0.2) is 28.6 Å². The van der Waals surface area contributed by atoms with Gasteiger partial charge in [0.15, 0.2) is 0 Å². The first-order valence-electron chi connectivity index (χ1n) is 5.62. The van der Waals surface area contributed by atoms with E-state index in [1.165, 1.54) is 0 Å². The van der Waals surface area contributed by atoms with Crippen molar-refractivity contribution < 1.29 is 13.3 Å². The lowest BCUT2D eigenvalue weighted by molar-refractivity contribution is 0.0748. The summed E-state index contributed by atoms with van der Waals surface area (Å²) in [7, 11) is -2.51. The Hall–Kier alpha value is -0.343. The minimum atomic E-state index is -2.51. The number of rotatable bonds is 7. The molecule has 0 aliphatic rings. The van der Waals surface area contributed by atoms with E-state index in [9.17, 15) is 0 Å². The molecule has 0 fully saturated rings. The highest BCUT2D eigenvalue weighted by molar-refractivity contribution is 6.61. The molecule has 3 nitrogen and oxygen atoms in total. The molecule has 0 amide bonds. The predicted octanol–water partition coefficient (Wildman–Crippen LogP) is 2.45. The van der Waals surface area contributed by atoms with E-state index < -0.39 is 8.80 Å². The largest absolute Gasteiger partial charge is 0.513 e. The summed E-state index contributed by atoms with van der Waals surface area (Å²) in [5.41, 5.74) is 0. The van der Waals surface area contributed by atoms with Gasteiger partial charge in [-0.15, -0.1) is 5.92 Å².